The van der Waals surface area contributed by atoms with Gasteiger partial charge in [-0.15, -0.1) is 0 Å². The Bertz CT molecular complexity index is 427. The van der Waals surface area contributed by atoms with Crippen molar-refractivity contribution in [3.8, 4) is 5.95 Å². The zero-order chi connectivity index (χ0) is 8.72. The highest BCUT2D eigenvalue weighted by molar-refractivity contribution is 5.82. The molecule has 12 heavy (non-hydrogen) atoms. The van der Waals surface area contributed by atoms with Crippen molar-refractivity contribution in [2.45, 2.75) is 13.8 Å². The largest absolute Gasteiger partial charge is 0.481 e. The van der Waals surface area contributed by atoms with E-state index in [0.717, 1.165) is 22.1 Å². The Balaban J connectivity index is 2.88. The van der Waals surface area contributed by atoms with Gasteiger partial charge in [0.15, 0.2) is 0 Å². The van der Waals surface area contributed by atoms with Crippen molar-refractivity contribution in [1.29, 1.82) is 0 Å². The molecule has 1 heterocycles. The number of rotatable bonds is 0. The standard InChI is InChI=1S/C10H10O2/c1-6-3-7(2)8-5-10(11)12-9(8)4-6/h3-5,11H,1-2H3. The lowest BCUT2D eigenvalue weighted by atomic mass is 10.1. The van der Waals surface area contributed by atoms with Gasteiger partial charge in [-0.25, -0.2) is 0 Å². The summed E-state index contributed by atoms with van der Waals surface area (Å²) in [6, 6.07) is 5.63. The average Bonchev–Trinajstić information content (AvgIpc) is 2.29. The highest BCUT2D eigenvalue weighted by atomic mass is 16.5. The summed E-state index contributed by atoms with van der Waals surface area (Å²) in [5.41, 5.74) is 3.04. The minimum Gasteiger partial charge on any atom is -0.481 e. The quantitative estimate of drug-likeness (QED) is 0.646. The van der Waals surface area contributed by atoms with Crippen LogP contribution in [-0.4, -0.2) is 5.11 Å². The maximum Gasteiger partial charge on any atom is 0.282 e. The van der Waals surface area contributed by atoms with E-state index in [9.17, 15) is 0 Å². The van der Waals surface area contributed by atoms with Gasteiger partial charge in [0.05, 0.1) is 0 Å². The van der Waals surface area contributed by atoms with E-state index in [0.29, 0.717) is 0 Å². The molecule has 1 aromatic carbocycles. The Morgan fingerprint density at radius 1 is 1.17 bits per heavy atom. The number of hydrogen-bond acceptors (Lipinski definition) is 2. The summed E-state index contributed by atoms with van der Waals surface area (Å²) >= 11 is 0. The zero-order valence-electron chi connectivity index (χ0n) is 7.09. The van der Waals surface area contributed by atoms with Crippen molar-refractivity contribution in [2.24, 2.45) is 0 Å². The number of benzene rings is 1. The first-order chi connectivity index (χ1) is 5.66. The van der Waals surface area contributed by atoms with Crippen molar-refractivity contribution >= 4 is 11.0 Å². The predicted octanol–water partition coefficient (Wildman–Crippen LogP) is 2.76. The molecule has 0 fully saturated rings. The highest BCUT2D eigenvalue weighted by Crippen LogP contribution is 2.27. The normalized spacial score (nSPS) is 10.8. The molecule has 0 atom stereocenters. The molecule has 0 aliphatic carbocycles. The van der Waals surface area contributed by atoms with Crippen LogP contribution in [0.15, 0.2) is 22.6 Å². The molecule has 0 saturated carbocycles. The van der Waals surface area contributed by atoms with Gasteiger partial charge in [0.1, 0.15) is 5.58 Å². The number of hydrogen-bond donors (Lipinski definition) is 1. The fourth-order valence-electron chi connectivity index (χ4n) is 1.47. The smallest absolute Gasteiger partial charge is 0.282 e. The summed E-state index contributed by atoms with van der Waals surface area (Å²) in [4.78, 5) is 0. The Labute approximate surface area is 70.4 Å². The highest BCUT2D eigenvalue weighted by Gasteiger charge is 2.04. The maximum atomic E-state index is 9.10. The van der Waals surface area contributed by atoms with E-state index < -0.39 is 0 Å². The number of aryl methyl sites for hydroxylation is 2. The molecule has 0 amide bonds. The van der Waals surface area contributed by atoms with E-state index in [-0.39, 0.29) is 5.95 Å². The molecule has 0 aliphatic heterocycles. The SMILES string of the molecule is Cc1cc(C)c2cc(O)oc2c1. The minimum absolute atomic E-state index is 0.0151. The molecule has 0 bridgehead atoms. The fourth-order valence-corrected chi connectivity index (χ4v) is 1.47. The Kier molecular flexibility index (Phi) is 1.37. The van der Waals surface area contributed by atoms with Crippen molar-refractivity contribution < 1.29 is 9.52 Å². The molecule has 2 aromatic rings. The first-order valence-corrected chi connectivity index (χ1v) is 3.86. The molecule has 0 unspecified atom stereocenters. The second kappa shape index (κ2) is 2.27. The second-order valence-corrected chi connectivity index (χ2v) is 3.08. The first kappa shape index (κ1) is 7.22. The van der Waals surface area contributed by atoms with Crippen molar-refractivity contribution in [3.63, 3.8) is 0 Å². The molecule has 0 saturated heterocycles. The monoisotopic (exact) mass is 162 g/mol. The molecule has 0 aliphatic rings. The number of fused-ring (bicyclic) bond motifs is 1. The number of furan rings is 1. The molecule has 0 spiro atoms. The molecular formula is C10H10O2. The van der Waals surface area contributed by atoms with Gasteiger partial charge in [-0.1, -0.05) is 6.07 Å². The molecule has 62 valence electrons. The Hall–Kier alpha value is -1.44. The van der Waals surface area contributed by atoms with E-state index >= 15 is 0 Å². The van der Waals surface area contributed by atoms with Gasteiger partial charge >= 0.3 is 0 Å². The minimum atomic E-state index is -0.0151. The van der Waals surface area contributed by atoms with Gasteiger partial charge in [-0.2, -0.15) is 0 Å². The summed E-state index contributed by atoms with van der Waals surface area (Å²) in [5, 5.41) is 10.1. The predicted molar refractivity (Wildman–Crippen MR) is 47.4 cm³/mol. The summed E-state index contributed by atoms with van der Waals surface area (Å²) in [6.45, 7) is 4.01. The van der Waals surface area contributed by atoms with Crippen LogP contribution in [0.4, 0.5) is 0 Å². The van der Waals surface area contributed by atoms with Crippen LogP contribution >= 0.6 is 0 Å². The summed E-state index contributed by atoms with van der Waals surface area (Å²) in [6.07, 6.45) is 0. The van der Waals surface area contributed by atoms with Crippen LogP contribution in [0.25, 0.3) is 11.0 Å². The lowest BCUT2D eigenvalue weighted by Gasteiger charge is -1.95. The topological polar surface area (TPSA) is 33.4 Å². The van der Waals surface area contributed by atoms with Crippen LogP contribution < -0.4 is 0 Å². The van der Waals surface area contributed by atoms with Crippen LogP contribution in [0.3, 0.4) is 0 Å². The van der Waals surface area contributed by atoms with Gasteiger partial charge < -0.3 is 9.52 Å². The van der Waals surface area contributed by atoms with E-state index in [1.54, 1.807) is 6.07 Å². The fraction of sp³-hybridized carbons (Fsp3) is 0.200. The third-order valence-corrected chi connectivity index (χ3v) is 1.98. The average molecular weight is 162 g/mol. The van der Waals surface area contributed by atoms with Crippen LogP contribution in [-0.2, 0) is 0 Å². The van der Waals surface area contributed by atoms with E-state index in [1.807, 2.05) is 19.9 Å². The van der Waals surface area contributed by atoms with Gasteiger partial charge in [-0.3, -0.25) is 0 Å². The van der Waals surface area contributed by atoms with Crippen LogP contribution in [0, 0.1) is 13.8 Å². The molecule has 0 radical (unpaired) electrons. The lowest BCUT2D eigenvalue weighted by Crippen LogP contribution is -1.76. The summed E-state index contributed by atoms with van der Waals surface area (Å²) in [5.74, 6) is -0.0151. The molecule has 1 aromatic heterocycles. The number of aromatic hydroxyl groups is 1. The van der Waals surface area contributed by atoms with E-state index in [2.05, 4.69) is 6.07 Å². The van der Waals surface area contributed by atoms with Gasteiger partial charge in [-0.05, 0) is 31.0 Å². The second-order valence-electron chi connectivity index (χ2n) is 3.08. The van der Waals surface area contributed by atoms with Crippen LogP contribution in [0.1, 0.15) is 11.1 Å². The van der Waals surface area contributed by atoms with Crippen molar-refractivity contribution in [1.82, 2.24) is 0 Å². The Morgan fingerprint density at radius 2 is 1.92 bits per heavy atom. The third kappa shape index (κ3) is 0.961. The molecular weight excluding hydrogens is 152 g/mol. The summed E-state index contributed by atoms with van der Waals surface area (Å²) in [7, 11) is 0. The van der Waals surface area contributed by atoms with Crippen LogP contribution in [0.2, 0.25) is 0 Å². The zero-order valence-corrected chi connectivity index (χ0v) is 7.09. The lowest BCUT2D eigenvalue weighted by molar-refractivity contribution is 0.346. The van der Waals surface area contributed by atoms with E-state index in [1.165, 1.54) is 0 Å². The third-order valence-electron chi connectivity index (χ3n) is 1.98. The van der Waals surface area contributed by atoms with Crippen molar-refractivity contribution in [3.05, 3.63) is 29.3 Å². The molecule has 2 rings (SSSR count). The maximum absolute atomic E-state index is 9.10. The van der Waals surface area contributed by atoms with Crippen LogP contribution in [0.5, 0.6) is 5.95 Å². The first-order valence-electron chi connectivity index (χ1n) is 3.86. The van der Waals surface area contributed by atoms with E-state index in [4.69, 9.17) is 9.52 Å². The summed E-state index contributed by atoms with van der Waals surface area (Å²) < 4.78 is 5.09. The van der Waals surface area contributed by atoms with Gasteiger partial charge in [0.2, 0.25) is 0 Å². The molecule has 2 nitrogen and oxygen atoms in total. The Morgan fingerprint density at radius 3 is 2.67 bits per heavy atom. The van der Waals surface area contributed by atoms with Gasteiger partial charge in [0.25, 0.3) is 5.95 Å². The van der Waals surface area contributed by atoms with Gasteiger partial charge in [0, 0.05) is 11.5 Å². The van der Waals surface area contributed by atoms with Crippen molar-refractivity contribution in [2.75, 3.05) is 0 Å². The molecule has 1 N–H and O–H groups in total. The molecule has 2 heteroatoms.